The molecule has 2 aromatic heterocycles. The Bertz CT molecular complexity index is 440. The van der Waals surface area contributed by atoms with Crippen LogP contribution in [0.15, 0.2) is 24.5 Å². The second-order valence-electron chi connectivity index (χ2n) is 2.58. The molecule has 2 rings (SSSR count). The van der Waals surface area contributed by atoms with Gasteiger partial charge in [-0.3, -0.25) is 0 Å². The Morgan fingerprint density at radius 1 is 1.43 bits per heavy atom. The van der Waals surface area contributed by atoms with Crippen LogP contribution in [0.1, 0.15) is 5.69 Å². The van der Waals surface area contributed by atoms with E-state index >= 15 is 0 Å². The molecule has 0 unspecified atom stereocenters. The molecule has 72 valence electrons. The zero-order valence-electron chi connectivity index (χ0n) is 7.06. The van der Waals surface area contributed by atoms with E-state index in [-0.39, 0.29) is 0 Å². The van der Waals surface area contributed by atoms with Gasteiger partial charge >= 0.3 is 0 Å². The van der Waals surface area contributed by atoms with Gasteiger partial charge in [0.2, 0.25) is 0 Å². The minimum absolute atomic E-state index is 0.332. The Labute approximate surface area is 90.5 Å². The summed E-state index contributed by atoms with van der Waals surface area (Å²) in [6.07, 6.45) is 3.21. The van der Waals surface area contributed by atoms with Gasteiger partial charge in [-0.05, 0) is 12.1 Å². The van der Waals surface area contributed by atoms with E-state index in [1.807, 2.05) is 0 Å². The highest BCUT2D eigenvalue weighted by Crippen LogP contribution is 2.17. The molecule has 0 radical (unpaired) electrons. The molecule has 14 heavy (non-hydrogen) atoms. The Balaban J connectivity index is 2.54. The molecular formula is C8H6Cl2N4. The van der Waals surface area contributed by atoms with Gasteiger partial charge in [-0.15, -0.1) is 16.7 Å². The smallest absolute Gasteiger partial charge is 0.154 e. The average molecular weight is 229 g/mol. The highest BCUT2D eigenvalue weighted by molar-refractivity contribution is 6.31. The first-order chi connectivity index (χ1) is 6.83. The zero-order valence-corrected chi connectivity index (χ0v) is 8.57. The van der Waals surface area contributed by atoms with E-state index in [2.05, 4.69) is 15.3 Å². The van der Waals surface area contributed by atoms with Crippen molar-refractivity contribution in [3.8, 4) is 5.69 Å². The van der Waals surface area contributed by atoms with Gasteiger partial charge in [0.05, 0.1) is 17.8 Å². The third-order valence-corrected chi connectivity index (χ3v) is 2.29. The van der Waals surface area contributed by atoms with Gasteiger partial charge in [0, 0.05) is 6.20 Å². The summed E-state index contributed by atoms with van der Waals surface area (Å²) in [7, 11) is 0. The molecular weight excluding hydrogens is 223 g/mol. The number of hydrogen-bond acceptors (Lipinski definition) is 3. The fourth-order valence-electron chi connectivity index (χ4n) is 1.09. The maximum absolute atomic E-state index is 5.90. The highest BCUT2D eigenvalue weighted by atomic mass is 35.5. The quantitative estimate of drug-likeness (QED) is 0.584. The van der Waals surface area contributed by atoms with Crippen molar-refractivity contribution in [3.63, 3.8) is 0 Å². The molecule has 0 aliphatic rings. The topological polar surface area (TPSA) is 43.6 Å². The van der Waals surface area contributed by atoms with Gasteiger partial charge in [-0.25, -0.2) is 9.67 Å². The molecule has 0 saturated carbocycles. The lowest BCUT2D eigenvalue weighted by Crippen LogP contribution is -2.02. The van der Waals surface area contributed by atoms with Crippen molar-refractivity contribution in [2.24, 2.45) is 0 Å². The summed E-state index contributed by atoms with van der Waals surface area (Å²) in [5.41, 5.74) is 1.46. The van der Waals surface area contributed by atoms with Crippen LogP contribution in [-0.4, -0.2) is 20.0 Å². The summed E-state index contributed by atoms with van der Waals surface area (Å²) in [4.78, 5) is 3.94. The number of pyridine rings is 1. The summed E-state index contributed by atoms with van der Waals surface area (Å²) in [6.45, 7) is 0. The molecule has 0 aromatic carbocycles. The lowest BCUT2D eigenvalue weighted by Gasteiger charge is -2.04. The predicted octanol–water partition coefficient (Wildman–Crippen LogP) is 2.05. The van der Waals surface area contributed by atoms with E-state index < -0.39 is 0 Å². The highest BCUT2D eigenvalue weighted by Gasteiger charge is 2.08. The molecule has 0 amide bonds. The summed E-state index contributed by atoms with van der Waals surface area (Å²) < 4.78 is 1.57. The van der Waals surface area contributed by atoms with Crippen molar-refractivity contribution in [2.75, 3.05) is 0 Å². The number of halogens is 2. The fourth-order valence-corrected chi connectivity index (χ4v) is 1.47. The summed E-state index contributed by atoms with van der Waals surface area (Å²) in [5, 5.41) is 8.01. The maximum atomic E-state index is 5.90. The molecule has 2 heterocycles. The number of hydrogen-bond donors (Lipinski definition) is 0. The van der Waals surface area contributed by atoms with Gasteiger partial charge in [-0.1, -0.05) is 16.8 Å². The first-order valence-corrected chi connectivity index (χ1v) is 4.80. The largest absolute Gasteiger partial charge is 0.242 e. The molecule has 0 atom stereocenters. The molecule has 0 fully saturated rings. The molecule has 4 nitrogen and oxygen atoms in total. The lowest BCUT2D eigenvalue weighted by atomic mass is 10.4. The Morgan fingerprint density at radius 3 is 3.00 bits per heavy atom. The SMILES string of the molecule is ClCc1cnnn1-c1cccnc1Cl. The van der Waals surface area contributed by atoms with E-state index in [0.717, 1.165) is 5.69 Å². The lowest BCUT2D eigenvalue weighted by molar-refractivity contribution is 0.778. The summed E-state index contributed by atoms with van der Waals surface area (Å²) in [5.74, 6) is 0.332. The third-order valence-electron chi connectivity index (χ3n) is 1.72. The number of aromatic nitrogens is 4. The van der Waals surface area contributed by atoms with Crippen molar-refractivity contribution in [1.82, 2.24) is 20.0 Å². The third kappa shape index (κ3) is 1.58. The number of rotatable bonds is 2. The Morgan fingerprint density at radius 2 is 2.29 bits per heavy atom. The van der Waals surface area contributed by atoms with Crippen LogP contribution < -0.4 is 0 Å². The molecule has 0 aliphatic heterocycles. The van der Waals surface area contributed by atoms with Crippen LogP contribution in [-0.2, 0) is 5.88 Å². The van der Waals surface area contributed by atoms with Crippen molar-refractivity contribution >= 4 is 23.2 Å². The monoisotopic (exact) mass is 228 g/mol. The van der Waals surface area contributed by atoms with Crippen LogP contribution in [0.5, 0.6) is 0 Å². The Hall–Kier alpha value is -1.13. The van der Waals surface area contributed by atoms with Gasteiger partial charge in [0.15, 0.2) is 5.15 Å². The number of alkyl halides is 1. The van der Waals surface area contributed by atoms with Crippen LogP contribution in [0.2, 0.25) is 5.15 Å². The normalized spacial score (nSPS) is 10.4. The van der Waals surface area contributed by atoms with Crippen molar-refractivity contribution in [1.29, 1.82) is 0 Å². The first-order valence-electron chi connectivity index (χ1n) is 3.89. The van der Waals surface area contributed by atoms with Crippen molar-refractivity contribution in [2.45, 2.75) is 5.88 Å². The van der Waals surface area contributed by atoms with Gasteiger partial charge in [-0.2, -0.15) is 0 Å². The van der Waals surface area contributed by atoms with E-state index in [0.29, 0.717) is 16.7 Å². The van der Waals surface area contributed by atoms with Crippen LogP contribution in [0.3, 0.4) is 0 Å². The molecule has 6 heteroatoms. The summed E-state index contributed by atoms with van der Waals surface area (Å²) in [6, 6.07) is 3.58. The standard InChI is InChI=1S/C8H6Cl2N4/c9-4-6-5-12-13-14(6)7-2-1-3-11-8(7)10/h1-3,5H,4H2. The van der Waals surface area contributed by atoms with Gasteiger partial charge < -0.3 is 0 Å². The van der Waals surface area contributed by atoms with Gasteiger partial charge in [0.25, 0.3) is 0 Å². The maximum Gasteiger partial charge on any atom is 0.154 e. The van der Waals surface area contributed by atoms with E-state index in [4.69, 9.17) is 23.2 Å². The van der Waals surface area contributed by atoms with E-state index in [1.165, 1.54) is 0 Å². The predicted molar refractivity (Wildman–Crippen MR) is 53.7 cm³/mol. The van der Waals surface area contributed by atoms with Crippen LogP contribution >= 0.6 is 23.2 Å². The second-order valence-corrected chi connectivity index (χ2v) is 3.21. The Kier molecular flexibility index (Phi) is 2.65. The van der Waals surface area contributed by atoms with Gasteiger partial charge in [0.1, 0.15) is 5.69 Å². The van der Waals surface area contributed by atoms with Crippen molar-refractivity contribution < 1.29 is 0 Å². The van der Waals surface area contributed by atoms with Crippen molar-refractivity contribution in [3.05, 3.63) is 35.4 Å². The first kappa shape index (κ1) is 9.43. The average Bonchev–Trinajstić information content (AvgIpc) is 2.66. The number of nitrogens with zero attached hydrogens (tertiary/aromatic N) is 4. The second kappa shape index (κ2) is 3.94. The van der Waals surface area contributed by atoms with E-state index in [9.17, 15) is 0 Å². The van der Waals surface area contributed by atoms with Crippen LogP contribution in [0, 0.1) is 0 Å². The summed E-state index contributed by atoms with van der Waals surface area (Å²) >= 11 is 11.6. The molecule has 0 saturated heterocycles. The molecule has 2 aromatic rings. The fraction of sp³-hybridized carbons (Fsp3) is 0.125. The molecule has 0 aliphatic carbocycles. The minimum atomic E-state index is 0.332. The van der Waals surface area contributed by atoms with E-state index in [1.54, 1.807) is 29.2 Å². The van der Waals surface area contributed by atoms with Crippen LogP contribution in [0.25, 0.3) is 5.69 Å². The molecule has 0 bridgehead atoms. The zero-order chi connectivity index (χ0) is 9.97. The molecule has 0 N–H and O–H groups in total. The minimum Gasteiger partial charge on any atom is -0.242 e. The van der Waals surface area contributed by atoms with Crippen LogP contribution in [0.4, 0.5) is 0 Å². The molecule has 0 spiro atoms.